The molecule has 7 heteroatoms. The number of amides is 3. The van der Waals surface area contributed by atoms with Crippen molar-refractivity contribution in [2.75, 3.05) is 26.2 Å². The summed E-state index contributed by atoms with van der Waals surface area (Å²) in [7, 11) is 0. The molecule has 0 unspecified atom stereocenters. The molecule has 1 aromatic heterocycles. The quantitative estimate of drug-likeness (QED) is 0.658. The molecule has 1 atom stereocenters. The van der Waals surface area contributed by atoms with Crippen LogP contribution in [0.4, 0.5) is 4.79 Å². The first-order valence-electron chi connectivity index (χ1n) is 11.0. The van der Waals surface area contributed by atoms with Gasteiger partial charge in [-0.15, -0.1) is 11.3 Å². The summed E-state index contributed by atoms with van der Waals surface area (Å²) in [5.41, 5.74) is 2.23. The average molecular weight is 444 g/mol. The number of carbonyl (C=O) groups is 2. The molecule has 3 amide bonds. The van der Waals surface area contributed by atoms with Gasteiger partial charge in [0.15, 0.2) is 0 Å². The van der Waals surface area contributed by atoms with Crippen LogP contribution >= 0.6 is 11.3 Å². The van der Waals surface area contributed by atoms with E-state index >= 15 is 0 Å². The fourth-order valence-corrected chi connectivity index (χ4v) is 4.75. The van der Waals surface area contributed by atoms with Gasteiger partial charge in [-0.05, 0) is 62.3 Å². The molecule has 0 saturated heterocycles. The topological polar surface area (TPSA) is 61.9 Å². The Hall–Kier alpha value is -2.54. The predicted molar refractivity (Wildman–Crippen MR) is 125 cm³/mol. The van der Waals surface area contributed by atoms with Crippen molar-refractivity contribution in [1.82, 2.24) is 15.1 Å². The van der Waals surface area contributed by atoms with Crippen LogP contribution in [0, 0.1) is 6.92 Å². The number of fused-ring (bicyclic) bond motifs is 1. The van der Waals surface area contributed by atoms with Crippen LogP contribution in [-0.2, 0) is 11.2 Å². The Morgan fingerprint density at radius 3 is 2.77 bits per heavy atom. The van der Waals surface area contributed by atoms with E-state index in [1.165, 1.54) is 4.88 Å². The summed E-state index contributed by atoms with van der Waals surface area (Å²) >= 11 is 1.73. The fourth-order valence-electron chi connectivity index (χ4n) is 3.82. The van der Waals surface area contributed by atoms with Gasteiger partial charge < -0.3 is 19.9 Å². The summed E-state index contributed by atoms with van der Waals surface area (Å²) in [6.45, 7) is 9.59. The molecular formula is C24H33N3O3S. The van der Waals surface area contributed by atoms with E-state index in [4.69, 9.17) is 4.74 Å². The van der Waals surface area contributed by atoms with E-state index in [2.05, 4.69) is 16.8 Å². The predicted octanol–water partition coefficient (Wildman–Crippen LogP) is 4.39. The van der Waals surface area contributed by atoms with Crippen LogP contribution in [0.2, 0.25) is 0 Å². The summed E-state index contributed by atoms with van der Waals surface area (Å²) in [4.78, 5) is 30.7. The van der Waals surface area contributed by atoms with Crippen LogP contribution in [0.3, 0.4) is 0 Å². The Bertz CT molecular complexity index is 896. The number of hydrogen-bond acceptors (Lipinski definition) is 4. The van der Waals surface area contributed by atoms with E-state index in [-0.39, 0.29) is 30.6 Å². The molecule has 0 bridgehead atoms. The van der Waals surface area contributed by atoms with Crippen LogP contribution in [0.25, 0.3) is 0 Å². The number of rotatable bonds is 8. The zero-order chi connectivity index (χ0) is 22.4. The van der Waals surface area contributed by atoms with E-state index in [0.717, 1.165) is 29.7 Å². The van der Waals surface area contributed by atoms with Crippen molar-refractivity contribution >= 4 is 23.3 Å². The largest absolute Gasteiger partial charge is 0.491 e. The fraction of sp³-hybridized carbons (Fsp3) is 0.500. The van der Waals surface area contributed by atoms with Crippen LogP contribution in [0.15, 0.2) is 35.7 Å². The lowest BCUT2D eigenvalue weighted by atomic mass is 10.00. The number of nitrogens with one attached hydrogen (secondary N) is 1. The second-order valence-corrected chi connectivity index (χ2v) is 9.18. The lowest BCUT2D eigenvalue weighted by Crippen LogP contribution is -2.51. The Kier molecular flexibility index (Phi) is 7.96. The molecular weight excluding hydrogens is 410 g/mol. The highest BCUT2D eigenvalue weighted by atomic mass is 32.1. The van der Waals surface area contributed by atoms with Crippen molar-refractivity contribution in [2.24, 2.45) is 0 Å². The second kappa shape index (κ2) is 10.7. The number of carbonyl (C=O) groups excluding carboxylic acids is 2. The Morgan fingerprint density at radius 1 is 1.29 bits per heavy atom. The molecule has 1 aromatic carbocycles. The van der Waals surface area contributed by atoms with Crippen LogP contribution < -0.4 is 10.1 Å². The van der Waals surface area contributed by atoms with Gasteiger partial charge in [0.1, 0.15) is 18.9 Å². The monoisotopic (exact) mass is 443 g/mol. The maximum absolute atomic E-state index is 13.4. The lowest BCUT2D eigenvalue weighted by molar-refractivity contribution is -0.135. The van der Waals surface area contributed by atoms with Gasteiger partial charge in [-0.1, -0.05) is 25.1 Å². The summed E-state index contributed by atoms with van der Waals surface area (Å²) in [6, 6.07) is 9.60. The molecule has 1 aliphatic rings. The number of nitrogens with zero attached hydrogens (tertiary/aromatic N) is 2. The molecule has 0 aliphatic carbocycles. The molecule has 6 nitrogen and oxygen atoms in total. The van der Waals surface area contributed by atoms with Gasteiger partial charge in [0, 0.05) is 24.0 Å². The van der Waals surface area contributed by atoms with Crippen LogP contribution in [0.1, 0.15) is 49.2 Å². The number of thiophene rings is 1. The van der Waals surface area contributed by atoms with Gasteiger partial charge in [0.2, 0.25) is 5.91 Å². The average Bonchev–Trinajstić information content (AvgIpc) is 3.23. The molecule has 1 N–H and O–H groups in total. The Morgan fingerprint density at radius 2 is 2.06 bits per heavy atom. The van der Waals surface area contributed by atoms with Crippen molar-refractivity contribution in [1.29, 1.82) is 0 Å². The summed E-state index contributed by atoms with van der Waals surface area (Å²) in [5.74, 6) is 0.788. The molecule has 2 heterocycles. The third-order valence-corrected chi connectivity index (χ3v) is 6.62. The molecule has 3 rings (SSSR count). The van der Waals surface area contributed by atoms with Crippen molar-refractivity contribution in [3.63, 3.8) is 0 Å². The van der Waals surface area contributed by atoms with Crippen molar-refractivity contribution in [3.05, 3.63) is 51.7 Å². The van der Waals surface area contributed by atoms with Gasteiger partial charge >= 0.3 is 6.03 Å². The number of hydrogen-bond donors (Lipinski definition) is 1. The number of para-hydroxylation sites is 1. The highest BCUT2D eigenvalue weighted by molar-refractivity contribution is 7.10. The summed E-state index contributed by atoms with van der Waals surface area (Å²) < 4.78 is 6.15. The minimum Gasteiger partial charge on any atom is -0.491 e. The van der Waals surface area contributed by atoms with Crippen LogP contribution in [-0.4, -0.2) is 54.0 Å². The zero-order valence-corrected chi connectivity index (χ0v) is 19.7. The second-order valence-electron chi connectivity index (χ2n) is 8.18. The first-order chi connectivity index (χ1) is 14.9. The number of benzene rings is 1. The zero-order valence-electron chi connectivity index (χ0n) is 18.9. The van der Waals surface area contributed by atoms with Crippen molar-refractivity contribution < 1.29 is 14.3 Å². The van der Waals surface area contributed by atoms with Gasteiger partial charge in [-0.3, -0.25) is 4.79 Å². The van der Waals surface area contributed by atoms with E-state index in [1.807, 2.05) is 56.9 Å². The van der Waals surface area contributed by atoms with Crippen molar-refractivity contribution in [3.8, 4) is 5.75 Å². The molecule has 168 valence electrons. The molecule has 2 aromatic rings. The van der Waals surface area contributed by atoms with Crippen LogP contribution in [0.5, 0.6) is 5.75 Å². The Balaban J connectivity index is 1.76. The number of urea groups is 1. The minimum absolute atomic E-state index is 0.0458. The molecule has 0 fully saturated rings. The van der Waals surface area contributed by atoms with E-state index < -0.39 is 0 Å². The normalized spacial score (nSPS) is 15.5. The minimum atomic E-state index is -0.189. The number of ether oxygens (including phenoxy) is 1. The standard InChI is InChI=1S/C24H33N3O3S/c1-5-12-25-24(29)27(17(2)3)15-23(28)26-13-10-22-19(11-14-31-22)20(26)16-30-21-9-7-6-8-18(21)4/h6-9,11,14,17,20H,5,10,12-13,15-16H2,1-4H3,(H,25,29)/t20-/m0/s1. The maximum atomic E-state index is 13.4. The lowest BCUT2D eigenvalue weighted by Gasteiger charge is -2.37. The van der Waals surface area contributed by atoms with E-state index in [1.54, 1.807) is 16.2 Å². The molecule has 31 heavy (non-hydrogen) atoms. The van der Waals surface area contributed by atoms with Gasteiger partial charge in [-0.2, -0.15) is 0 Å². The SMILES string of the molecule is CCCNC(=O)N(CC(=O)N1CCc2sccc2[C@@H]1COc1ccccc1C)C(C)C. The van der Waals surface area contributed by atoms with E-state index in [0.29, 0.717) is 19.7 Å². The van der Waals surface area contributed by atoms with E-state index in [9.17, 15) is 9.59 Å². The number of aryl methyl sites for hydroxylation is 1. The van der Waals surface area contributed by atoms with Gasteiger partial charge in [0.05, 0.1) is 6.04 Å². The first kappa shape index (κ1) is 23.1. The van der Waals surface area contributed by atoms with Crippen molar-refractivity contribution in [2.45, 2.75) is 52.6 Å². The smallest absolute Gasteiger partial charge is 0.318 e. The maximum Gasteiger partial charge on any atom is 0.318 e. The highest BCUT2D eigenvalue weighted by Crippen LogP contribution is 2.34. The Labute approximate surface area is 189 Å². The summed E-state index contributed by atoms with van der Waals surface area (Å²) in [5, 5.41) is 4.97. The molecule has 0 radical (unpaired) electrons. The molecule has 1 aliphatic heterocycles. The third-order valence-electron chi connectivity index (χ3n) is 5.62. The molecule has 0 saturated carbocycles. The molecule has 0 spiro atoms. The highest BCUT2D eigenvalue weighted by Gasteiger charge is 2.34. The van der Waals surface area contributed by atoms with Gasteiger partial charge in [-0.25, -0.2) is 4.79 Å². The first-order valence-corrected chi connectivity index (χ1v) is 11.9. The summed E-state index contributed by atoms with van der Waals surface area (Å²) in [6.07, 6.45) is 1.69. The third kappa shape index (κ3) is 5.58. The van der Waals surface area contributed by atoms with Gasteiger partial charge in [0.25, 0.3) is 0 Å².